The summed E-state index contributed by atoms with van der Waals surface area (Å²) in [6.45, 7) is 3.40. The van der Waals surface area contributed by atoms with E-state index in [1.165, 1.54) is 11.8 Å². The monoisotopic (exact) mass is 334 g/mol. The van der Waals surface area contributed by atoms with Crippen LogP contribution < -0.4 is 5.56 Å². The van der Waals surface area contributed by atoms with Crippen molar-refractivity contribution in [3.05, 3.63) is 46.2 Å². The van der Waals surface area contributed by atoms with Crippen molar-refractivity contribution in [2.45, 2.75) is 18.6 Å². The molecule has 0 spiro atoms. The van der Waals surface area contributed by atoms with Gasteiger partial charge in [0.25, 0.3) is 5.56 Å². The number of rotatable bonds is 8. The number of hydrogen-bond donors (Lipinski definition) is 0. The van der Waals surface area contributed by atoms with E-state index >= 15 is 0 Å². The van der Waals surface area contributed by atoms with E-state index in [9.17, 15) is 4.79 Å². The normalized spacial score (nSPS) is 10.9. The van der Waals surface area contributed by atoms with Crippen molar-refractivity contribution in [3.63, 3.8) is 0 Å². The number of ether oxygens (including phenoxy) is 2. The van der Waals surface area contributed by atoms with Gasteiger partial charge in [-0.05, 0) is 6.92 Å². The molecule has 0 bridgehead atoms. The van der Waals surface area contributed by atoms with Gasteiger partial charge in [0.2, 0.25) is 0 Å². The number of hydrogen-bond acceptors (Lipinski definition) is 5. The highest BCUT2D eigenvalue weighted by atomic mass is 32.2. The van der Waals surface area contributed by atoms with Gasteiger partial charge in [-0.2, -0.15) is 0 Å². The average molecular weight is 334 g/mol. The fourth-order valence-corrected chi connectivity index (χ4v) is 3.13. The fraction of sp³-hybridized carbons (Fsp3) is 0.412. The van der Waals surface area contributed by atoms with Crippen LogP contribution in [0.3, 0.4) is 0 Å². The first kappa shape index (κ1) is 17.7. The Hall–Kier alpha value is -1.63. The topological polar surface area (TPSA) is 53.3 Å². The maximum atomic E-state index is 12.7. The number of methoxy groups -OCH3 is 2. The van der Waals surface area contributed by atoms with E-state index in [0.29, 0.717) is 30.5 Å². The molecule has 0 unspecified atom stereocenters. The SMILES string of the molecule is COCCSc1nc(-c2ccccc2)c(C)c(=O)n1CCOC. The summed E-state index contributed by atoms with van der Waals surface area (Å²) in [6, 6.07) is 9.79. The molecule has 0 saturated carbocycles. The van der Waals surface area contributed by atoms with E-state index in [1.54, 1.807) is 18.8 Å². The maximum Gasteiger partial charge on any atom is 0.257 e. The summed E-state index contributed by atoms with van der Waals surface area (Å²) in [6.07, 6.45) is 0. The number of nitrogens with zero attached hydrogens (tertiary/aromatic N) is 2. The van der Waals surface area contributed by atoms with Gasteiger partial charge in [0.1, 0.15) is 0 Å². The molecular formula is C17H22N2O3S. The Labute approximate surface area is 140 Å². The summed E-state index contributed by atoms with van der Waals surface area (Å²) in [5.74, 6) is 0.743. The van der Waals surface area contributed by atoms with Crippen LogP contribution in [0, 0.1) is 6.92 Å². The van der Waals surface area contributed by atoms with Gasteiger partial charge in [-0.3, -0.25) is 9.36 Å². The van der Waals surface area contributed by atoms with Crippen LogP contribution in [0.25, 0.3) is 11.3 Å². The van der Waals surface area contributed by atoms with Crippen LogP contribution in [-0.2, 0) is 16.0 Å². The summed E-state index contributed by atoms with van der Waals surface area (Å²) in [5, 5.41) is 0.702. The zero-order valence-electron chi connectivity index (χ0n) is 13.7. The molecule has 2 aromatic rings. The average Bonchev–Trinajstić information content (AvgIpc) is 2.58. The van der Waals surface area contributed by atoms with E-state index in [4.69, 9.17) is 14.5 Å². The highest BCUT2D eigenvalue weighted by Gasteiger charge is 2.15. The van der Waals surface area contributed by atoms with Crippen molar-refractivity contribution >= 4 is 11.8 Å². The van der Waals surface area contributed by atoms with E-state index in [0.717, 1.165) is 17.0 Å². The lowest BCUT2D eigenvalue weighted by molar-refractivity contribution is 0.182. The molecule has 0 atom stereocenters. The second-order valence-corrected chi connectivity index (χ2v) is 6.09. The molecule has 1 aromatic heterocycles. The molecule has 0 saturated heterocycles. The van der Waals surface area contributed by atoms with Crippen molar-refractivity contribution in [2.24, 2.45) is 0 Å². The predicted molar refractivity (Wildman–Crippen MR) is 93.1 cm³/mol. The van der Waals surface area contributed by atoms with Crippen molar-refractivity contribution in [1.82, 2.24) is 9.55 Å². The minimum atomic E-state index is -0.0178. The zero-order chi connectivity index (χ0) is 16.7. The van der Waals surface area contributed by atoms with Gasteiger partial charge in [0.05, 0.1) is 25.5 Å². The molecule has 0 aliphatic rings. The summed E-state index contributed by atoms with van der Waals surface area (Å²) in [4.78, 5) is 17.5. The van der Waals surface area contributed by atoms with Crippen molar-refractivity contribution in [3.8, 4) is 11.3 Å². The van der Waals surface area contributed by atoms with Crippen LogP contribution in [0.1, 0.15) is 5.56 Å². The molecule has 6 heteroatoms. The molecule has 23 heavy (non-hydrogen) atoms. The van der Waals surface area contributed by atoms with Gasteiger partial charge >= 0.3 is 0 Å². The maximum absolute atomic E-state index is 12.7. The van der Waals surface area contributed by atoms with Crippen LogP contribution >= 0.6 is 11.8 Å². The first-order valence-corrected chi connectivity index (χ1v) is 8.45. The van der Waals surface area contributed by atoms with Crippen LogP contribution in [-0.4, -0.2) is 42.7 Å². The van der Waals surface area contributed by atoms with Crippen LogP contribution in [0.15, 0.2) is 40.3 Å². The molecule has 0 aliphatic carbocycles. The van der Waals surface area contributed by atoms with E-state index in [1.807, 2.05) is 37.3 Å². The Morgan fingerprint density at radius 2 is 1.83 bits per heavy atom. The summed E-state index contributed by atoms with van der Waals surface area (Å²) in [5.41, 5.74) is 2.33. The van der Waals surface area contributed by atoms with Crippen molar-refractivity contribution < 1.29 is 9.47 Å². The molecule has 0 N–H and O–H groups in total. The van der Waals surface area contributed by atoms with E-state index in [2.05, 4.69) is 0 Å². The highest BCUT2D eigenvalue weighted by molar-refractivity contribution is 7.99. The Bertz CT molecular complexity index is 686. The largest absolute Gasteiger partial charge is 0.384 e. The van der Waals surface area contributed by atoms with Gasteiger partial charge in [-0.15, -0.1) is 0 Å². The Morgan fingerprint density at radius 1 is 1.13 bits per heavy atom. The third kappa shape index (κ3) is 4.43. The first-order valence-electron chi connectivity index (χ1n) is 7.46. The Balaban J connectivity index is 2.47. The summed E-state index contributed by atoms with van der Waals surface area (Å²) in [7, 11) is 3.29. The molecule has 1 heterocycles. The van der Waals surface area contributed by atoms with Crippen LogP contribution in [0.5, 0.6) is 0 Å². The number of thioether (sulfide) groups is 1. The van der Waals surface area contributed by atoms with Gasteiger partial charge in [-0.25, -0.2) is 4.98 Å². The lowest BCUT2D eigenvalue weighted by Crippen LogP contribution is -2.28. The van der Waals surface area contributed by atoms with E-state index < -0.39 is 0 Å². The second-order valence-electron chi connectivity index (χ2n) is 5.02. The standard InChI is InChI=1S/C17H22N2O3S/c1-13-15(14-7-5-4-6-8-14)18-17(23-12-11-22-3)19(16(13)20)9-10-21-2/h4-8H,9-12H2,1-3H3. The van der Waals surface area contributed by atoms with Crippen molar-refractivity contribution in [1.29, 1.82) is 0 Å². The summed E-state index contributed by atoms with van der Waals surface area (Å²) >= 11 is 1.53. The lowest BCUT2D eigenvalue weighted by atomic mass is 10.1. The third-order valence-corrected chi connectivity index (χ3v) is 4.39. The second kappa shape index (κ2) is 8.86. The fourth-order valence-electron chi connectivity index (χ4n) is 2.21. The minimum absolute atomic E-state index is 0.0178. The van der Waals surface area contributed by atoms with Crippen LogP contribution in [0.2, 0.25) is 0 Å². The number of aromatic nitrogens is 2. The zero-order valence-corrected chi connectivity index (χ0v) is 14.6. The Kier molecular flexibility index (Phi) is 6.83. The van der Waals surface area contributed by atoms with Gasteiger partial charge in [-0.1, -0.05) is 42.1 Å². The first-order chi connectivity index (χ1) is 11.2. The summed E-state index contributed by atoms with van der Waals surface area (Å²) < 4.78 is 11.9. The molecule has 124 valence electrons. The number of benzene rings is 1. The highest BCUT2D eigenvalue weighted by Crippen LogP contribution is 2.23. The Morgan fingerprint density at radius 3 is 2.48 bits per heavy atom. The molecule has 5 nitrogen and oxygen atoms in total. The quantitative estimate of drug-likeness (QED) is 0.422. The third-order valence-electron chi connectivity index (χ3n) is 3.44. The minimum Gasteiger partial charge on any atom is -0.384 e. The van der Waals surface area contributed by atoms with E-state index in [-0.39, 0.29) is 5.56 Å². The molecule has 0 amide bonds. The van der Waals surface area contributed by atoms with Crippen LogP contribution in [0.4, 0.5) is 0 Å². The molecule has 0 aliphatic heterocycles. The van der Waals surface area contributed by atoms with Crippen molar-refractivity contribution in [2.75, 3.05) is 33.2 Å². The molecule has 1 aromatic carbocycles. The van der Waals surface area contributed by atoms with Gasteiger partial charge in [0, 0.05) is 31.1 Å². The molecule has 2 rings (SSSR count). The van der Waals surface area contributed by atoms with Gasteiger partial charge < -0.3 is 9.47 Å². The lowest BCUT2D eigenvalue weighted by Gasteiger charge is -2.15. The predicted octanol–water partition coefficient (Wildman–Crippen LogP) is 2.60. The molecule has 0 radical (unpaired) electrons. The smallest absolute Gasteiger partial charge is 0.257 e. The molecular weight excluding hydrogens is 312 g/mol. The molecule has 0 fully saturated rings. The van der Waals surface area contributed by atoms with Gasteiger partial charge in [0.15, 0.2) is 5.16 Å².